The molecule has 16 nitrogen and oxygen atoms in total. The summed E-state index contributed by atoms with van der Waals surface area (Å²) in [4.78, 5) is 58.4. The van der Waals surface area contributed by atoms with E-state index in [1.165, 1.54) is 40.6 Å². The van der Waals surface area contributed by atoms with Gasteiger partial charge >= 0.3 is 13.8 Å². The van der Waals surface area contributed by atoms with Gasteiger partial charge in [-0.15, -0.1) is 0 Å². The minimum Gasteiger partial charge on any atom is -0.456 e. The third-order valence-corrected chi connectivity index (χ3v) is 15.8. The fraction of sp³-hybridized carbons (Fsp3) is 0.720. The SMILES string of the molecule is CC[C@@H]1/C=C(\C)C[C@H](C)C[C@H](OC)[C@H]2O[C@@](O)(C(=O)C(=O)N3CCCC[C@H]3C(=O)O[C@H](/C(C)=C/[C@@H]3CC[C@@H](OP(=O)(OC)Oc4ccc(F)cc4)[C@H](OC)C3)[C@H](C)C(O)CC1=O)[C@H](C)C[C@@H]2OC. The third-order valence-electron chi connectivity index (χ3n) is 14.4. The number of esters is 1. The lowest BCUT2D eigenvalue weighted by molar-refractivity contribution is -0.302. The molecule has 2 unspecified atom stereocenters. The van der Waals surface area contributed by atoms with E-state index in [0.717, 1.165) is 22.6 Å². The Bertz CT molecular complexity index is 2000. The number of halogens is 1. The average molecular weight is 980 g/mol. The summed E-state index contributed by atoms with van der Waals surface area (Å²) in [5.41, 5.74) is 1.53. The van der Waals surface area contributed by atoms with Crippen molar-refractivity contribution in [2.45, 2.75) is 167 Å². The number of nitrogens with zero attached hydrogens (tertiary/aromatic N) is 1. The number of carbonyl (C=O) groups excluding carboxylic acids is 4. The van der Waals surface area contributed by atoms with E-state index in [0.29, 0.717) is 56.9 Å². The van der Waals surface area contributed by atoms with Crippen molar-refractivity contribution >= 4 is 31.3 Å². The van der Waals surface area contributed by atoms with Crippen molar-refractivity contribution in [2.24, 2.45) is 29.6 Å². The summed E-state index contributed by atoms with van der Waals surface area (Å²) in [5.74, 6) is -8.55. The number of aliphatic hydroxyl groups is 2. The number of allylic oxidation sites excluding steroid dienone is 3. The second kappa shape index (κ2) is 24.6. The molecule has 2 N–H and O–H groups in total. The number of benzene rings is 1. The fourth-order valence-corrected chi connectivity index (χ4v) is 11.5. The summed E-state index contributed by atoms with van der Waals surface area (Å²) in [7, 11) is 1.56. The minimum absolute atomic E-state index is 0.00198. The zero-order chi connectivity index (χ0) is 50.1. The number of ketones is 2. The Morgan fingerprint density at radius 1 is 0.912 bits per heavy atom. The second-order valence-electron chi connectivity index (χ2n) is 19.4. The summed E-state index contributed by atoms with van der Waals surface area (Å²) in [6.07, 6.45) is 2.07. The highest BCUT2D eigenvalue weighted by atomic mass is 31.2. The van der Waals surface area contributed by atoms with Crippen molar-refractivity contribution in [3.05, 3.63) is 53.4 Å². The lowest BCUT2D eigenvalue weighted by Gasteiger charge is -2.47. The molecule has 68 heavy (non-hydrogen) atoms. The van der Waals surface area contributed by atoms with Crippen LogP contribution >= 0.6 is 7.82 Å². The van der Waals surface area contributed by atoms with Gasteiger partial charge in [-0.25, -0.2) is 13.8 Å². The molecule has 15 atom stereocenters. The lowest BCUT2D eigenvalue weighted by Crippen LogP contribution is -2.64. The largest absolute Gasteiger partial charge is 0.530 e. The zero-order valence-corrected chi connectivity index (χ0v) is 42.3. The first-order valence-corrected chi connectivity index (χ1v) is 25.6. The van der Waals surface area contributed by atoms with Crippen molar-refractivity contribution in [1.82, 2.24) is 4.90 Å². The van der Waals surface area contributed by atoms with E-state index < -0.39 is 104 Å². The number of Topliss-reactive ketones (excluding diaryl/α,β-unsaturated/α-hetero) is 2. The molecule has 4 aliphatic rings. The van der Waals surface area contributed by atoms with Crippen LogP contribution in [0.25, 0.3) is 0 Å². The molecule has 0 spiro atoms. The molecular formula is C50H75FNO15P. The van der Waals surface area contributed by atoms with Gasteiger partial charge in [-0.1, -0.05) is 45.4 Å². The number of hydrogen-bond donors (Lipinski definition) is 2. The molecule has 1 aromatic carbocycles. The molecule has 1 saturated carbocycles. The van der Waals surface area contributed by atoms with E-state index in [1.807, 2.05) is 32.9 Å². The van der Waals surface area contributed by atoms with E-state index in [9.17, 15) is 38.3 Å². The number of hydrogen-bond acceptors (Lipinski definition) is 15. The summed E-state index contributed by atoms with van der Waals surface area (Å²) in [6, 6.07) is 3.74. The van der Waals surface area contributed by atoms with Crippen molar-refractivity contribution in [2.75, 3.05) is 35.0 Å². The molecule has 3 fully saturated rings. The maximum atomic E-state index is 14.5. The van der Waals surface area contributed by atoms with E-state index in [1.54, 1.807) is 20.8 Å². The number of cyclic esters (lactones) is 1. The molecule has 0 aromatic heterocycles. The molecule has 382 valence electrons. The summed E-state index contributed by atoms with van der Waals surface area (Å²) in [6.45, 7) is 11.0. The molecule has 18 heteroatoms. The van der Waals surface area contributed by atoms with Crippen molar-refractivity contribution in [3.8, 4) is 5.75 Å². The minimum atomic E-state index is -4.16. The summed E-state index contributed by atoms with van der Waals surface area (Å²) in [5, 5.41) is 24.0. The van der Waals surface area contributed by atoms with Gasteiger partial charge in [-0.2, -0.15) is 0 Å². The Morgan fingerprint density at radius 2 is 1.57 bits per heavy atom. The number of phosphoric acid groups is 1. The number of fused-ring (bicyclic) bond motifs is 3. The number of carbonyl (C=O) groups is 4. The van der Waals surface area contributed by atoms with Crippen LogP contribution in [0.2, 0.25) is 0 Å². The number of amides is 1. The highest BCUT2D eigenvalue weighted by Gasteiger charge is 2.56. The predicted molar refractivity (Wildman–Crippen MR) is 249 cm³/mol. The highest BCUT2D eigenvalue weighted by molar-refractivity contribution is 7.48. The smallest absolute Gasteiger partial charge is 0.456 e. The average Bonchev–Trinajstić information content (AvgIpc) is 3.32. The van der Waals surface area contributed by atoms with Gasteiger partial charge in [0.2, 0.25) is 5.79 Å². The van der Waals surface area contributed by atoms with E-state index >= 15 is 0 Å². The molecule has 2 saturated heterocycles. The lowest BCUT2D eigenvalue weighted by atomic mass is 9.81. The van der Waals surface area contributed by atoms with Gasteiger partial charge in [0.1, 0.15) is 35.6 Å². The van der Waals surface area contributed by atoms with Gasteiger partial charge in [0.15, 0.2) is 0 Å². The van der Waals surface area contributed by atoms with Crippen molar-refractivity contribution in [3.63, 3.8) is 0 Å². The zero-order valence-electron chi connectivity index (χ0n) is 41.4. The van der Waals surface area contributed by atoms with Crippen LogP contribution in [0.4, 0.5) is 4.39 Å². The van der Waals surface area contributed by atoms with Gasteiger partial charge < -0.3 is 43.3 Å². The number of ether oxygens (including phenoxy) is 5. The van der Waals surface area contributed by atoms with Gasteiger partial charge in [-0.05, 0) is 120 Å². The molecule has 1 aromatic rings. The monoisotopic (exact) mass is 979 g/mol. The van der Waals surface area contributed by atoms with Crippen LogP contribution in [0, 0.1) is 35.4 Å². The van der Waals surface area contributed by atoms with Gasteiger partial charge in [0, 0.05) is 59.2 Å². The topological polar surface area (TPSA) is 203 Å². The first kappa shape index (κ1) is 55.5. The molecule has 1 amide bonds. The second-order valence-corrected chi connectivity index (χ2v) is 21.1. The summed E-state index contributed by atoms with van der Waals surface area (Å²) < 4.78 is 74.0. The Morgan fingerprint density at radius 3 is 2.21 bits per heavy atom. The molecular weight excluding hydrogens is 905 g/mol. The van der Waals surface area contributed by atoms with E-state index in [2.05, 4.69) is 0 Å². The van der Waals surface area contributed by atoms with Gasteiger partial charge in [0.25, 0.3) is 11.7 Å². The Kier molecular flexibility index (Phi) is 20.1. The molecule has 3 aliphatic heterocycles. The Balaban J connectivity index is 1.47. The van der Waals surface area contributed by atoms with Crippen LogP contribution in [-0.2, 0) is 56.5 Å². The number of methoxy groups -OCH3 is 3. The van der Waals surface area contributed by atoms with Gasteiger partial charge in [0.05, 0.1) is 30.5 Å². The highest BCUT2D eigenvalue weighted by Crippen LogP contribution is 2.52. The normalized spacial score (nSPS) is 37.2. The third kappa shape index (κ3) is 13.5. The van der Waals surface area contributed by atoms with E-state index in [4.69, 9.17) is 37.3 Å². The number of aliphatic hydroxyl groups excluding tert-OH is 1. The van der Waals surface area contributed by atoms with Crippen molar-refractivity contribution in [1.29, 1.82) is 0 Å². The number of piperidine rings is 1. The maximum Gasteiger partial charge on any atom is 0.530 e. The van der Waals surface area contributed by atoms with Crippen LogP contribution in [0.1, 0.15) is 112 Å². The maximum absolute atomic E-state index is 14.5. The van der Waals surface area contributed by atoms with Crippen LogP contribution in [0.3, 0.4) is 0 Å². The first-order valence-electron chi connectivity index (χ1n) is 24.1. The molecule has 2 bridgehead atoms. The standard InChI is InChI=1S/C50H75FNO15P/c1-11-35-23-29(2)22-30(3)24-43(61-8)46-44(62-9)26-32(5)50(58,65-46)47(55)48(56)52-21-13-12-14-38(52)49(57)64-45(33(6)39(53)28-40(35)54)31(4)25-34-15-20-41(42(27-34)60-7)67-68(59,63-10)66-37-18-16-36(51)17-19-37/h16-19,23,25,30,32-35,38-39,41-46,53,58H,11-15,20-22,24,26-28H2,1-10H3/b29-23+,31-25+/t30-,32+,33+,34-,35+,38-,39?,41+,42+,43-,44-,45+,46+,50+,68?/m0/s1. The van der Waals surface area contributed by atoms with Crippen LogP contribution in [0.5, 0.6) is 5.75 Å². The first-order chi connectivity index (χ1) is 32.2. The molecule has 5 rings (SSSR count). The van der Waals surface area contributed by atoms with E-state index in [-0.39, 0.29) is 49.2 Å². The summed E-state index contributed by atoms with van der Waals surface area (Å²) >= 11 is 0. The molecule has 0 radical (unpaired) electrons. The van der Waals surface area contributed by atoms with Gasteiger partial charge in [-0.3, -0.25) is 23.4 Å². The van der Waals surface area contributed by atoms with Crippen LogP contribution in [-0.4, -0.2) is 128 Å². The number of rotatable bonds is 11. The van der Waals surface area contributed by atoms with Crippen LogP contribution in [0.15, 0.2) is 47.6 Å². The Labute approximate surface area is 401 Å². The molecule has 3 heterocycles. The quantitative estimate of drug-likeness (QED) is 0.0956. The molecule has 1 aliphatic carbocycles. The fourth-order valence-electron chi connectivity index (χ4n) is 10.4. The predicted octanol–water partition coefficient (Wildman–Crippen LogP) is 7.47. The van der Waals surface area contributed by atoms with Crippen LogP contribution < -0.4 is 4.52 Å². The number of phosphoric ester groups is 1. The van der Waals surface area contributed by atoms with Crippen molar-refractivity contribution < 1.29 is 75.6 Å². The Hall–Kier alpha value is -3.38.